The number of benzene rings is 2. The molecule has 8 heteroatoms. The van der Waals surface area contributed by atoms with Gasteiger partial charge in [-0.3, -0.25) is 4.79 Å². The van der Waals surface area contributed by atoms with E-state index in [4.69, 9.17) is 9.47 Å². The largest absolute Gasteiger partial charge is 0.492 e. The number of aromatic nitrogens is 3. The van der Waals surface area contributed by atoms with Crippen molar-refractivity contribution in [3.05, 3.63) is 59.4 Å². The molecule has 31 heavy (non-hydrogen) atoms. The van der Waals surface area contributed by atoms with Crippen LogP contribution >= 0.6 is 11.8 Å². The van der Waals surface area contributed by atoms with Gasteiger partial charge in [0.1, 0.15) is 18.1 Å². The maximum absolute atomic E-state index is 12.5. The lowest BCUT2D eigenvalue weighted by molar-refractivity contribution is -0.113. The van der Waals surface area contributed by atoms with Gasteiger partial charge in [0.2, 0.25) is 5.91 Å². The topological polar surface area (TPSA) is 78.3 Å². The van der Waals surface area contributed by atoms with Crippen LogP contribution in [-0.2, 0) is 17.9 Å². The third-order valence-corrected chi connectivity index (χ3v) is 5.57. The molecule has 3 rings (SSSR count). The number of thioether (sulfide) groups is 1. The van der Waals surface area contributed by atoms with Crippen LogP contribution in [0.3, 0.4) is 0 Å². The molecule has 0 aliphatic carbocycles. The lowest BCUT2D eigenvalue weighted by Gasteiger charge is -2.12. The van der Waals surface area contributed by atoms with Gasteiger partial charge in [-0.2, -0.15) is 0 Å². The number of rotatable bonds is 10. The smallest absolute Gasteiger partial charge is 0.234 e. The highest BCUT2D eigenvalue weighted by Crippen LogP contribution is 2.25. The molecule has 0 aliphatic heterocycles. The van der Waals surface area contributed by atoms with Crippen LogP contribution in [0.4, 0.5) is 5.69 Å². The highest BCUT2D eigenvalue weighted by molar-refractivity contribution is 7.99. The first-order valence-electron chi connectivity index (χ1n) is 10.3. The van der Waals surface area contributed by atoms with Crippen molar-refractivity contribution in [2.45, 2.75) is 46.0 Å². The van der Waals surface area contributed by atoms with Gasteiger partial charge in [-0.15, -0.1) is 10.2 Å². The van der Waals surface area contributed by atoms with Crippen LogP contribution in [0.2, 0.25) is 0 Å². The quantitative estimate of drug-likeness (QED) is 0.464. The summed E-state index contributed by atoms with van der Waals surface area (Å²) in [4.78, 5) is 12.5. The van der Waals surface area contributed by atoms with Crippen LogP contribution in [0, 0.1) is 13.8 Å². The number of carbonyl (C=O) groups is 1. The molecule has 7 nitrogen and oxygen atoms in total. The number of para-hydroxylation sites is 2. The number of aryl methyl sites for hydroxylation is 2. The minimum atomic E-state index is -0.129. The Morgan fingerprint density at radius 1 is 1.06 bits per heavy atom. The zero-order chi connectivity index (χ0) is 22.2. The monoisotopic (exact) mass is 440 g/mol. The third-order valence-electron chi connectivity index (χ3n) is 4.60. The fraction of sp³-hybridized carbons (Fsp3) is 0.348. The molecule has 1 N–H and O–H groups in total. The molecule has 1 aromatic heterocycles. The molecule has 0 saturated carbocycles. The molecule has 1 heterocycles. The predicted octanol–water partition coefficient (Wildman–Crippen LogP) is 4.62. The fourth-order valence-corrected chi connectivity index (χ4v) is 3.84. The number of hydrogen-bond donors (Lipinski definition) is 1. The number of nitrogens with zero attached hydrogens (tertiary/aromatic N) is 3. The Morgan fingerprint density at radius 2 is 1.87 bits per heavy atom. The van der Waals surface area contributed by atoms with Gasteiger partial charge >= 0.3 is 0 Å². The summed E-state index contributed by atoms with van der Waals surface area (Å²) in [5.74, 6) is 2.32. The Morgan fingerprint density at radius 3 is 2.65 bits per heavy atom. The lowest BCUT2D eigenvalue weighted by Crippen LogP contribution is -2.15. The van der Waals surface area contributed by atoms with Gasteiger partial charge in [-0.1, -0.05) is 36.0 Å². The van der Waals surface area contributed by atoms with Gasteiger partial charge in [0.25, 0.3) is 0 Å². The second kappa shape index (κ2) is 10.9. The lowest BCUT2D eigenvalue weighted by atomic mass is 10.1. The zero-order valence-corrected chi connectivity index (χ0v) is 19.2. The average Bonchev–Trinajstić information content (AvgIpc) is 3.16. The zero-order valence-electron chi connectivity index (χ0n) is 18.3. The van der Waals surface area contributed by atoms with Crippen molar-refractivity contribution in [1.29, 1.82) is 0 Å². The van der Waals surface area contributed by atoms with Gasteiger partial charge < -0.3 is 19.4 Å². The molecule has 0 bridgehead atoms. The van der Waals surface area contributed by atoms with E-state index in [0.717, 1.165) is 22.7 Å². The molecule has 0 unspecified atom stereocenters. The van der Waals surface area contributed by atoms with Gasteiger partial charge in [0.05, 0.1) is 18.0 Å². The van der Waals surface area contributed by atoms with Crippen LogP contribution in [0.25, 0.3) is 0 Å². The van der Waals surface area contributed by atoms with Gasteiger partial charge in [-0.05, 0) is 57.0 Å². The summed E-state index contributed by atoms with van der Waals surface area (Å²) in [5, 5.41) is 12.1. The second-order valence-electron chi connectivity index (χ2n) is 6.97. The number of ether oxygens (including phenoxy) is 2. The van der Waals surface area contributed by atoms with E-state index in [1.165, 1.54) is 11.8 Å². The summed E-state index contributed by atoms with van der Waals surface area (Å²) >= 11 is 1.35. The average molecular weight is 441 g/mol. The molecular formula is C23H28N4O3S. The standard InChI is InChI=1S/C23H28N4O3S/c1-5-27-21(14-30-20-13-16(3)11-12-17(20)4)25-26-23(27)31-15-22(28)24-18-9-7-8-10-19(18)29-6-2/h7-13H,5-6,14-15H2,1-4H3,(H,24,28). The van der Waals surface area contributed by atoms with E-state index in [1.54, 1.807) is 0 Å². The maximum atomic E-state index is 12.5. The van der Waals surface area contributed by atoms with Crippen molar-refractivity contribution >= 4 is 23.4 Å². The first-order chi connectivity index (χ1) is 15.0. The van der Waals surface area contributed by atoms with Crippen LogP contribution < -0.4 is 14.8 Å². The highest BCUT2D eigenvalue weighted by Gasteiger charge is 2.15. The van der Waals surface area contributed by atoms with E-state index in [2.05, 4.69) is 21.6 Å². The van der Waals surface area contributed by atoms with Crippen LogP contribution in [0.1, 0.15) is 30.8 Å². The molecule has 0 radical (unpaired) electrons. The molecule has 0 saturated heterocycles. The van der Waals surface area contributed by atoms with Gasteiger partial charge in [-0.25, -0.2) is 0 Å². The van der Waals surface area contributed by atoms with E-state index in [9.17, 15) is 4.79 Å². The molecule has 164 valence electrons. The van der Waals surface area contributed by atoms with Crippen molar-refractivity contribution < 1.29 is 14.3 Å². The summed E-state index contributed by atoms with van der Waals surface area (Å²) in [6.07, 6.45) is 0. The predicted molar refractivity (Wildman–Crippen MR) is 123 cm³/mol. The maximum Gasteiger partial charge on any atom is 0.234 e. The number of carbonyl (C=O) groups excluding carboxylic acids is 1. The molecule has 1 amide bonds. The minimum absolute atomic E-state index is 0.129. The third kappa shape index (κ3) is 6.01. The number of anilines is 1. The SMILES string of the molecule is CCOc1ccccc1NC(=O)CSc1nnc(COc2cc(C)ccc2C)n1CC. The molecule has 2 aromatic carbocycles. The molecule has 0 spiro atoms. The summed E-state index contributed by atoms with van der Waals surface area (Å²) in [6.45, 7) is 9.53. The van der Waals surface area contributed by atoms with E-state index in [-0.39, 0.29) is 11.7 Å². The Bertz CT molecular complexity index is 1040. The van der Waals surface area contributed by atoms with Crippen molar-refractivity contribution in [2.75, 3.05) is 17.7 Å². The second-order valence-corrected chi connectivity index (χ2v) is 7.91. The van der Waals surface area contributed by atoms with E-state index < -0.39 is 0 Å². The van der Waals surface area contributed by atoms with Crippen molar-refractivity contribution in [3.63, 3.8) is 0 Å². The minimum Gasteiger partial charge on any atom is -0.492 e. The van der Waals surface area contributed by atoms with E-state index in [1.807, 2.05) is 68.7 Å². The Kier molecular flexibility index (Phi) is 7.94. The Hall–Kier alpha value is -3.00. The van der Waals surface area contributed by atoms with E-state index in [0.29, 0.717) is 36.4 Å². The van der Waals surface area contributed by atoms with E-state index >= 15 is 0 Å². The fourth-order valence-electron chi connectivity index (χ4n) is 3.02. The summed E-state index contributed by atoms with van der Waals surface area (Å²) in [7, 11) is 0. The van der Waals surface area contributed by atoms with Crippen molar-refractivity contribution in [2.24, 2.45) is 0 Å². The molecular weight excluding hydrogens is 412 g/mol. The summed E-state index contributed by atoms with van der Waals surface area (Å²) < 4.78 is 13.5. The van der Waals surface area contributed by atoms with Crippen molar-refractivity contribution in [1.82, 2.24) is 14.8 Å². The molecule has 0 aliphatic rings. The molecule has 3 aromatic rings. The first-order valence-corrected chi connectivity index (χ1v) is 11.3. The summed E-state index contributed by atoms with van der Waals surface area (Å²) in [5.41, 5.74) is 2.88. The van der Waals surface area contributed by atoms with Gasteiger partial charge in [0, 0.05) is 6.54 Å². The number of amides is 1. The van der Waals surface area contributed by atoms with Crippen LogP contribution in [0.15, 0.2) is 47.6 Å². The number of nitrogens with one attached hydrogen (secondary N) is 1. The normalized spacial score (nSPS) is 10.7. The molecule has 0 atom stereocenters. The Labute approximate surface area is 187 Å². The van der Waals surface area contributed by atoms with Crippen molar-refractivity contribution in [3.8, 4) is 11.5 Å². The summed E-state index contributed by atoms with van der Waals surface area (Å²) in [6, 6.07) is 13.5. The molecule has 0 fully saturated rings. The first kappa shape index (κ1) is 22.7. The van der Waals surface area contributed by atoms with Crippen LogP contribution in [-0.4, -0.2) is 33.0 Å². The number of hydrogen-bond acceptors (Lipinski definition) is 6. The Balaban J connectivity index is 1.60. The highest BCUT2D eigenvalue weighted by atomic mass is 32.2. The van der Waals surface area contributed by atoms with Crippen LogP contribution in [0.5, 0.6) is 11.5 Å². The van der Waals surface area contributed by atoms with Gasteiger partial charge in [0.15, 0.2) is 11.0 Å².